The number of anilines is 1. The Hall–Kier alpha value is -2.92. The van der Waals surface area contributed by atoms with Gasteiger partial charge >= 0.3 is 5.97 Å². The van der Waals surface area contributed by atoms with Gasteiger partial charge in [-0.15, -0.1) is 0 Å². The monoisotopic (exact) mass is 410 g/mol. The fourth-order valence-corrected chi connectivity index (χ4v) is 3.85. The number of sulfonamides is 1. The number of amides is 2. The molecule has 1 aliphatic rings. The average molecular weight is 410 g/mol. The molecule has 0 bridgehead atoms. The van der Waals surface area contributed by atoms with E-state index in [2.05, 4.69) is 16.2 Å². The molecule has 3 N–H and O–H groups in total. The zero-order valence-electron chi connectivity index (χ0n) is 15.5. The maximum Gasteiger partial charge on any atom is 0.356 e. The second-order valence-corrected chi connectivity index (χ2v) is 7.67. The van der Waals surface area contributed by atoms with E-state index in [9.17, 15) is 22.8 Å². The number of carbonyl (C=O) groups is 3. The number of nitrogens with one attached hydrogen (secondary N) is 3. The summed E-state index contributed by atoms with van der Waals surface area (Å²) in [6.07, 6.45) is 1.39. The SMILES string of the molecule is CCN(CC)S(=O)(=O)c1ccc(NC(=O)COC(=O)C2=CCC(=O)NN2)cc1. The molecule has 0 radical (unpaired) electrons. The molecular weight excluding hydrogens is 388 g/mol. The maximum atomic E-state index is 12.4. The number of hydrogen-bond acceptors (Lipinski definition) is 7. The van der Waals surface area contributed by atoms with Gasteiger partial charge in [0.25, 0.3) is 5.91 Å². The van der Waals surface area contributed by atoms with E-state index >= 15 is 0 Å². The summed E-state index contributed by atoms with van der Waals surface area (Å²) in [4.78, 5) is 34.8. The van der Waals surface area contributed by atoms with E-state index in [0.29, 0.717) is 18.8 Å². The third-order valence-electron chi connectivity index (χ3n) is 3.86. The summed E-state index contributed by atoms with van der Waals surface area (Å²) in [6.45, 7) is 3.69. The highest BCUT2D eigenvalue weighted by Gasteiger charge is 2.21. The molecule has 28 heavy (non-hydrogen) atoms. The van der Waals surface area contributed by atoms with E-state index in [-0.39, 0.29) is 22.9 Å². The molecule has 0 fully saturated rings. The molecule has 1 heterocycles. The number of ether oxygens (including phenoxy) is 1. The summed E-state index contributed by atoms with van der Waals surface area (Å²) in [5.74, 6) is -1.66. The number of rotatable bonds is 8. The molecule has 0 aromatic heterocycles. The van der Waals surface area contributed by atoms with Gasteiger partial charge in [0.1, 0.15) is 5.70 Å². The van der Waals surface area contributed by atoms with Crippen molar-refractivity contribution in [2.75, 3.05) is 25.0 Å². The molecule has 2 rings (SSSR count). The number of hydrazine groups is 1. The van der Waals surface area contributed by atoms with Crippen LogP contribution in [-0.4, -0.2) is 50.2 Å². The van der Waals surface area contributed by atoms with Crippen LogP contribution in [0.2, 0.25) is 0 Å². The zero-order valence-corrected chi connectivity index (χ0v) is 16.3. The van der Waals surface area contributed by atoms with E-state index in [4.69, 9.17) is 4.74 Å². The first-order valence-corrected chi connectivity index (χ1v) is 10.0. The Balaban J connectivity index is 1.91. The van der Waals surface area contributed by atoms with Crippen molar-refractivity contribution in [3.63, 3.8) is 0 Å². The second kappa shape index (κ2) is 9.33. The average Bonchev–Trinajstić information content (AvgIpc) is 2.68. The highest BCUT2D eigenvalue weighted by atomic mass is 32.2. The van der Waals surface area contributed by atoms with Crippen LogP contribution in [0.15, 0.2) is 40.9 Å². The van der Waals surface area contributed by atoms with Crippen molar-refractivity contribution in [1.82, 2.24) is 15.2 Å². The van der Waals surface area contributed by atoms with E-state index in [1.165, 1.54) is 34.6 Å². The molecule has 1 aliphatic heterocycles. The summed E-state index contributed by atoms with van der Waals surface area (Å²) in [6, 6.07) is 5.71. The van der Waals surface area contributed by atoms with E-state index in [1.54, 1.807) is 13.8 Å². The van der Waals surface area contributed by atoms with Gasteiger partial charge < -0.3 is 10.1 Å². The fourth-order valence-electron chi connectivity index (χ4n) is 2.40. The van der Waals surface area contributed by atoms with Gasteiger partial charge in [-0.1, -0.05) is 13.8 Å². The van der Waals surface area contributed by atoms with Crippen LogP contribution in [0.5, 0.6) is 0 Å². The summed E-state index contributed by atoms with van der Waals surface area (Å²) >= 11 is 0. The van der Waals surface area contributed by atoms with Gasteiger partial charge in [0.05, 0.1) is 4.90 Å². The number of carbonyl (C=O) groups excluding carboxylic acids is 3. The minimum absolute atomic E-state index is 0.0341. The first kappa shape index (κ1) is 21.4. The third-order valence-corrected chi connectivity index (χ3v) is 5.93. The lowest BCUT2D eigenvalue weighted by Gasteiger charge is -2.18. The van der Waals surface area contributed by atoms with Crippen molar-refractivity contribution in [3.8, 4) is 0 Å². The zero-order chi connectivity index (χ0) is 20.7. The lowest BCUT2D eigenvalue weighted by molar-refractivity contribution is -0.144. The van der Waals surface area contributed by atoms with Crippen LogP contribution in [-0.2, 0) is 29.1 Å². The van der Waals surface area contributed by atoms with E-state index in [0.717, 1.165) is 0 Å². The van der Waals surface area contributed by atoms with Crippen molar-refractivity contribution >= 4 is 33.5 Å². The molecule has 2 amide bonds. The van der Waals surface area contributed by atoms with E-state index < -0.39 is 28.5 Å². The largest absolute Gasteiger partial charge is 0.451 e. The lowest BCUT2D eigenvalue weighted by atomic mass is 10.3. The Kier molecular flexibility index (Phi) is 7.12. The standard InChI is InChI=1S/C17H22N4O6S/c1-3-21(4-2)28(25,26)13-7-5-12(6-8-13)18-16(23)11-27-17(24)14-9-10-15(22)20-19-14/h5-9,19H,3-4,10-11H2,1-2H3,(H,18,23)(H,20,22). The van der Waals surface area contributed by atoms with Crippen LogP contribution in [0.3, 0.4) is 0 Å². The minimum Gasteiger partial charge on any atom is -0.451 e. The molecular formula is C17H22N4O6S. The Morgan fingerprint density at radius 3 is 2.32 bits per heavy atom. The van der Waals surface area contributed by atoms with E-state index in [1.807, 2.05) is 0 Å². The van der Waals surface area contributed by atoms with Crippen LogP contribution in [0, 0.1) is 0 Å². The fraction of sp³-hybridized carbons (Fsp3) is 0.353. The number of hydrogen-bond donors (Lipinski definition) is 3. The summed E-state index contributed by atoms with van der Waals surface area (Å²) < 4.78 is 31.0. The van der Waals surface area contributed by atoms with Crippen molar-refractivity contribution < 1.29 is 27.5 Å². The topological polar surface area (TPSA) is 134 Å². The molecule has 10 nitrogen and oxygen atoms in total. The minimum atomic E-state index is -3.58. The summed E-state index contributed by atoms with van der Waals surface area (Å²) in [7, 11) is -3.58. The molecule has 0 spiro atoms. The highest BCUT2D eigenvalue weighted by molar-refractivity contribution is 7.89. The highest BCUT2D eigenvalue weighted by Crippen LogP contribution is 2.18. The van der Waals surface area contributed by atoms with Crippen molar-refractivity contribution in [2.45, 2.75) is 25.2 Å². The van der Waals surface area contributed by atoms with Gasteiger partial charge in [0.2, 0.25) is 15.9 Å². The van der Waals surface area contributed by atoms with Gasteiger partial charge in [0, 0.05) is 25.2 Å². The predicted molar refractivity (Wildman–Crippen MR) is 100 cm³/mol. The summed E-state index contributed by atoms with van der Waals surface area (Å²) in [5, 5.41) is 2.51. The van der Waals surface area contributed by atoms with Gasteiger partial charge in [-0.05, 0) is 30.3 Å². The molecule has 0 unspecified atom stereocenters. The molecule has 0 aliphatic carbocycles. The molecule has 0 saturated carbocycles. The Morgan fingerprint density at radius 2 is 1.79 bits per heavy atom. The molecule has 0 saturated heterocycles. The van der Waals surface area contributed by atoms with Crippen LogP contribution < -0.4 is 16.2 Å². The Labute approximate surface area is 162 Å². The maximum absolute atomic E-state index is 12.4. The third kappa shape index (κ3) is 5.30. The quantitative estimate of drug-likeness (QED) is 0.518. The summed E-state index contributed by atoms with van der Waals surface area (Å²) in [5.41, 5.74) is 5.04. The van der Waals surface area contributed by atoms with Gasteiger partial charge in [-0.3, -0.25) is 20.4 Å². The Morgan fingerprint density at radius 1 is 1.14 bits per heavy atom. The number of nitrogens with zero attached hydrogens (tertiary/aromatic N) is 1. The second-order valence-electron chi connectivity index (χ2n) is 5.73. The molecule has 0 atom stereocenters. The lowest BCUT2D eigenvalue weighted by Crippen LogP contribution is -2.42. The number of benzene rings is 1. The number of esters is 1. The first-order chi connectivity index (χ1) is 13.3. The van der Waals surface area contributed by atoms with Gasteiger partial charge in [0.15, 0.2) is 6.61 Å². The van der Waals surface area contributed by atoms with Gasteiger partial charge in [-0.2, -0.15) is 4.31 Å². The van der Waals surface area contributed by atoms with Crippen molar-refractivity contribution in [2.24, 2.45) is 0 Å². The molecule has 1 aromatic carbocycles. The molecule has 1 aromatic rings. The van der Waals surface area contributed by atoms with Crippen molar-refractivity contribution in [3.05, 3.63) is 36.0 Å². The van der Waals surface area contributed by atoms with Crippen LogP contribution in [0.1, 0.15) is 20.3 Å². The van der Waals surface area contributed by atoms with Crippen LogP contribution >= 0.6 is 0 Å². The molecule has 152 valence electrons. The smallest absolute Gasteiger partial charge is 0.356 e. The molecule has 11 heteroatoms. The first-order valence-electron chi connectivity index (χ1n) is 8.60. The normalized spacial score (nSPS) is 14.0. The predicted octanol–water partition coefficient (Wildman–Crippen LogP) is 0.107. The van der Waals surface area contributed by atoms with Crippen LogP contribution in [0.4, 0.5) is 5.69 Å². The van der Waals surface area contributed by atoms with Crippen molar-refractivity contribution in [1.29, 1.82) is 0 Å². The van der Waals surface area contributed by atoms with Gasteiger partial charge in [-0.25, -0.2) is 13.2 Å². The van der Waals surface area contributed by atoms with Crippen LogP contribution in [0.25, 0.3) is 0 Å². The Bertz CT molecular complexity index is 875.